The molecule has 0 atom stereocenters. The van der Waals surface area contributed by atoms with Crippen molar-refractivity contribution in [3.63, 3.8) is 0 Å². The van der Waals surface area contributed by atoms with Crippen LogP contribution in [0.2, 0.25) is 0 Å². The predicted molar refractivity (Wildman–Crippen MR) is 102 cm³/mol. The van der Waals surface area contributed by atoms with Crippen molar-refractivity contribution in [1.82, 2.24) is 15.1 Å². The molecule has 0 saturated carbocycles. The number of fused-ring (bicyclic) bond motifs is 1. The fourth-order valence-electron chi connectivity index (χ4n) is 3.74. The van der Waals surface area contributed by atoms with Crippen LogP contribution in [-0.4, -0.2) is 30.5 Å². The Morgan fingerprint density at radius 1 is 1.24 bits per heavy atom. The SMILES string of the molecule is COc1c(CNCc2ccc3c(c2)CCCN3C)c(C(C)C)nn1C. The van der Waals surface area contributed by atoms with E-state index < -0.39 is 0 Å². The van der Waals surface area contributed by atoms with Gasteiger partial charge in [0.05, 0.1) is 18.4 Å². The first-order valence-electron chi connectivity index (χ1n) is 9.14. The number of hydrogen-bond donors (Lipinski definition) is 1. The lowest BCUT2D eigenvalue weighted by Crippen LogP contribution is -2.24. The molecule has 0 saturated heterocycles. The summed E-state index contributed by atoms with van der Waals surface area (Å²) in [5.74, 6) is 1.23. The highest BCUT2D eigenvalue weighted by Crippen LogP contribution is 2.28. The standard InChI is InChI=1S/C20H30N4O/c1-14(2)19-17(20(25-5)24(4)22-19)13-21-12-15-8-9-18-16(11-15)7-6-10-23(18)3/h8-9,11,14,21H,6-7,10,12-13H2,1-5H3. The van der Waals surface area contributed by atoms with E-state index in [1.54, 1.807) is 7.11 Å². The van der Waals surface area contributed by atoms with Crippen LogP contribution in [0.3, 0.4) is 0 Å². The fourth-order valence-corrected chi connectivity index (χ4v) is 3.74. The quantitative estimate of drug-likeness (QED) is 0.875. The van der Waals surface area contributed by atoms with Gasteiger partial charge in [-0.05, 0) is 36.0 Å². The molecule has 136 valence electrons. The lowest BCUT2D eigenvalue weighted by molar-refractivity contribution is 0.368. The van der Waals surface area contributed by atoms with E-state index in [4.69, 9.17) is 4.74 Å². The minimum atomic E-state index is 0.381. The summed E-state index contributed by atoms with van der Waals surface area (Å²) in [4.78, 5) is 2.35. The Bertz CT molecular complexity index is 736. The minimum Gasteiger partial charge on any atom is -0.481 e. The van der Waals surface area contributed by atoms with Crippen molar-refractivity contribution in [2.45, 2.75) is 45.7 Å². The normalized spacial score (nSPS) is 14.1. The predicted octanol–water partition coefficient (Wildman–Crippen LogP) is 3.22. The van der Waals surface area contributed by atoms with Gasteiger partial charge in [-0.1, -0.05) is 26.0 Å². The van der Waals surface area contributed by atoms with Crippen LogP contribution in [0.5, 0.6) is 5.88 Å². The number of aromatic nitrogens is 2. The van der Waals surface area contributed by atoms with Crippen molar-refractivity contribution in [3.05, 3.63) is 40.6 Å². The number of ether oxygens (including phenoxy) is 1. The monoisotopic (exact) mass is 342 g/mol. The van der Waals surface area contributed by atoms with Gasteiger partial charge in [0.2, 0.25) is 5.88 Å². The molecular formula is C20H30N4O. The molecule has 1 N–H and O–H groups in total. The molecule has 0 radical (unpaired) electrons. The first-order valence-corrected chi connectivity index (χ1v) is 9.14. The smallest absolute Gasteiger partial charge is 0.216 e. The van der Waals surface area contributed by atoms with E-state index in [0.717, 1.165) is 36.8 Å². The minimum absolute atomic E-state index is 0.381. The van der Waals surface area contributed by atoms with E-state index in [1.807, 2.05) is 11.7 Å². The first-order chi connectivity index (χ1) is 12.0. The molecular weight excluding hydrogens is 312 g/mol. The van der Waals surface area contributed by atoms with Gasteiger partial charge in [0.25, 0.3) is 0 Å². The number of anilines is 1. The van der Waals surface area contributed by atoms with Crippen LogP contribution < -0.4 is 15.0 Å². The summed E-state index contributed by atoms with van der Waals surface area (Å²) in [5, 5.41) is 8.19. The Balaban J connectivity index is 1.69. The molecule has 1 aliphatic rings. The highest BCUT2D eigenvalue weighted by molar-refractivity contribution is 5.56. The zero-order valence-electron chi connectivity index (χ0n) is 16.1. The second-order valence-electron chi connectivity index (χ2n) is 7.24. The highest BCUT2D eigenvalue weighted by atomic mass is 16.5. The number of methoxy groups -OCH3 is 1. The average molecular weight is 342 g/mol. The van der Waals surface area contributed by atoms with Crippen LogP contribution in [0.25, 0.3) is 0 Å². The van der Waals surface area contributed by atoms with Crippen LogP contribution in [0, 0.1) is 0 Å². The number of rotatable bonds is 6. The molecule has 2 aromatic rings. The summed E-state index contributed by atoms with van der Waals surface area (Å²) in [5.41, 5.74) is 6.46. The second kappa shape index (κ2) is 7.48. The van der Waals surface area contributed by atoms with Crippen molar-refractivity contribution >= 4 is 5.69 Å². The van der Waals surface area contributed by atoms with Gasteiger partial charge in [-0.3, -0.25) is 0 Å². The molecule has 0 aliphatic carbocycles. The van der Waals surface area contributed by atoms with Gasteiger partial charge in [-0.2, -0.15) is 5.10 Å². The van der Waals surface area contributed by atoms with Gasteiger partial charge in [-0.15, -0.1) is 0 Å². The van der Waals surface area contributed by atoms with Gasteiger partial charge in [0.1, 0.15) is 0 Å². The summed E-state index contributed by atoms with van der Waals surface area (Å²) >= 11 is 0. The zero-order valence-corrected chi connectivity index (χ0v) is 16.1. The molecule has 1 aromatic heterocycles. The van der Waals surface area contributed by atoms with E-state index >= 15 is 0 Å². The largest absolute Gasteiger partial charge is 0.481 e. The molecule has 1 aliphatic heterocycles. The summed E-state index contributed by atoms with van der Waals surface area (Å²) in [6.45, 7) is 7.12. The fraction of sp³-hybridized carbons (Fsp3) is 0.550. The number of benzene rings is 1. The molecule has 25 heavy (non-hydrogen) atoms. The number of aryl methyl sites for hydroxylation is 2. The van der Waals surface area contributed by atoms with Crippen LogP contribution in [0.1, 0.15) is 48.6 Å². The molecule has 0 fully saturated rings. The zero-order chi connectivity index (χ0) is 18.0. The summed E-state index contributed by atoms with van der Waals surface area (Å²) in [6.07, 6.45) is 2.42. The average Bonchev–Trinajstić information content (AvgIpc) is 2.91. The van der Waals surface area contributed by atoms with Crippen molar-refractivity contribution < 1.29 is 4.74 Å². The first kappa shape index (κ1) is 17.8. The van der Waals surface area contributed by atoms with Gasteiger partial charge >= 0.3 is 0 Å². The van der Waals surface area contributed by atoms with E-state index in [0.29, 0.717) is 5.92 Å². The van der Waals surface area contributed by atoms with Crippen molar-refractivity contribution in [2.75, 3.05) is 25.6 Å². The maximum absolute atomic E-state index is 5.55. The molecule has 5 heteroatoms. The maximum Gasteiger partial charge on any atom is 0.216 e. The van der Waals surface area contributed by atoms with Gasteiger partial charge < -0.3 is 15.0 Å². The second-order valence-corrected chi connectivity index (χ2v) is 7.24. The van der Waals surface area contributed by atoms with Crippen molar-refractivity contribution in [3.8, 4) is 5.88 Å². The highest BCUT2D eigenvalue weighted by Gasteiger charge is 2.19. The van der Waals surface area contributed by atoms with Crippen LogP contribution in [0.15, 0.2) is 18.2 Å². The molecule has 5 nitrogen and oxygen atoms in total. The Morgan fingerprint density at radius 2 is 2.04 bits per heavy atom. The Hall–Kier alpha value is -2.01. The third kappa shape index (κ3) is 3.66. The Morgan fingerprint density at radius 3 is 2.76 bits per heavy atom. The van der Waals surface area contributed by atoms with E-state index in [-0.39, 0.29) is 0 Å². The third-order valence-corrected chi connectivity index (χ3v) is 4.98. The molecule has 1 aromatic carbocycles. The third-order valence-electron chi connectivity index (χ3n) is 4.98. The van der Waals surface area contributed by atoms with Crippen molar-refractivity contribution in [2.24, 2.45) is 7.05 Å². The maximum atomic E-state index is 5.55. The molecule has 0 amide bonds. The molecule has 0 unspecified atom stereocenters. The van der Waals surface area contributed by atoms with Crippen LogP contribution in [0.4, 0.5) is 5.69 Å². The molecule has 3 rings (SSSR count). The molecule has 0 bridgehead atoms. The van der Waals surface area contributed by atoms with Gasteiger partial charge in [0, 0.05) is 39.4 Å². The number of nitrogens with one attached hydrogen (secondary N) is 1. The topological polar surface area (TPSA) is 42.3 Å². The number of hydrogen-bond acceptors (Lipinski definition) is 4. The van der Waals surface area contributed by atoms with Gasteiger partial charge in [-0.25, -0.2) is 4.68 Å². The molecule has 0 spiro atoms. The number of nitrogens with zero attached hydrogens (tertiary/aromatic N) is 3. The van der Waals surface area contributed by atoms with Crippen LogP contribution in [-0.2, 0) is 26.6 Å². The lowest BCUT2D eigenvalue weighted by atomic mass is 9.99. The summed E-state index contributed by atoms with van der Waals surface area (Å²) in [6, 6.07) is 6.84. The Labute approximate surface area is 151 Å². The summed E-state index contributed by atoms with van der Waals surface area (Å²) < 4.78 is 7.39. The Kier molecular flexibility index (Phi) is 5.33. The van der Waals surface area contributed by atoms with Crippen molar-refractivity contribution in [1.29, 1.82) is 0 Å². The molecule has 2 heterocycles. The summed E-state index contributed by atoms with van der Waals surface area (Å²) in [7, 11) is 5.83. The van der Waals surface area contributed by atoms with E-state index in [2.05, 4.69) is 54.4 Å². The van der Waals surface area contributed by atoms with E-state index in [1.165, 1.54) is 29.7 Å². The lowest BCUT2D eigenvalue weighted by Gasteiger charge is -2.27. The van der Waals surface area contributed by atoms with Gasteiger partial charge in [0.15, 0.2) is 0 Å². The van der Waals surface area contributed by atoms with E-state index in [9.17, 15) is 0 Å². The van der Waals surface area contributed by atoms with Crippen LogP contribution >= 0.6 is 0 Å².